The summed E-state index contributed by atoms with van der Waals surface area (Å²) >= 11 is 0. The van der Waals surface area contributed by atoms with E-state index in [2.05, 4.69) is 0 Å². The van der Waals surface area contributed by atoms with E-state index in [0.29, 0.717) is 0 Å². The molecular weight excluding hydrogens is 414 g/mol. The van der Waals surface area contributed by atoms with E-state index >= 15 is 0 Å². The van der Waals surface area contributed by atoms with Crippen LogP contribution in [0.25, 0.3) is 0 Å². The summed E-state index contributed by atoms with van der Waals surface area (Å²) in [6.07, 6.45) is 0. The molecule has 0 heterocycles. The minimum atomic E-state index is -5.11. The Morgan fingerprint density at radius 2 is 0.364 bits per heavy atom. The average Bonchev–Trinajstić information content (AvgIpc) is 1.62. The van der Waals surface area contributed by atoms with E-state index in [-0.39, 0.29) is 59.1 Å². The van der Waals surface area contributed by atoms with Gasteiger partial charge in [-0.25, -0.2) is 0 Å². The molecule has 0 unspecified atom stereocenters. The molecule has 0 aliphatic carbocycles. The molecule has 0 rings (SSSR count). The molecule has 0 spiro atoms. The summed E-state index contributed by atoms with van der Waals surface area (Å²) in [4.78, 5) is 120. The summed E-state index contributed by atoms with van der Waals surface area (Å²) in [6, 6.07) is 0. The molecule has 0 fully saturated rings. The van der Waals surface area contributed by atoms with Gasteiger partial charge in [-0.15, -0.1) is 0 Å². The molecule has 0 aromatic heterocycles. The summed E-state index contributed by atoms with van der Waals surface area (Å²) in [5, 5.41) is 0. The van der Waals surface area contributed by atoms with Crippen LogP contribution in [-0.4, -0.2) is 103 Å². The first kappa shape index (κ1) is 39.3. The summed E-state index contributed by atoms with van der Waals surface area (Å²) in [5.41, 5.74) is 0. The molecular formula is H14Na2O16Si4. The topological polar surface area (TPSA) is 329 Å². The Morgan fingerprint density at radius 1 is 0.364 bits per heavy atom. The van der Waals surface area contributed by atoms with Crippen LogP contribution in [0, 0.1) is 0 Å². The van der Waals surface area contributed by atoms with Crippen LogP contribution in [0.5, 0.6) is 0 Å². The van der Waals surface area contributed by atoms with Gasteiger partial charge in [0, 0.05) is 0 Å². The van der Waals surface area contributed by atoms with Gasteiger partial charge in [-0.3, -0.25) is 0 Å². The Balaban J connectivity index is -0.0000000376. The molecule has 0 aliphatic rings. The summed E-state index contributed by atoms with van der Waals surface area (Å²) in [5.74, 6) is 0. The van der Waals surface area contributed by atoms with Gasteiger partial charge < -0.3 is 76.7 Å². The van der Waals surface area contributed by atoms with Crippen molar-refractivity contribution in [2.24, 2.45) is 0 Å². The zero-order valence-corrected chi connectivity index (χ0v) is 19.1. The molecule has 0 saturated carbocycles. The van der Waals surface area contributed by atoms with E-state index in [1.165, 1.54) is 0 Å². The van der Waals surface area contributed by atoms with Crippen LogP contribution >= 0.6 is 0 Å². The summed E-state index contributed by atoms with van der Waals surface area (Å²) in [6.45, 7) is 0. The molecule has 22 heavy (non-hydrogen) atoms. The molecule has 0 aromatic carbocycles. The number of hydrogen-bond acceptors (Lipinski definition) is 16. The minimum Gasteiger partial charge on any atom is -0.828 e. The molecule has 0 aromatic rings. The zero-order valence-electron chi connectivity index (χ0n) is 11.1. The maximum Gasteiger partial charge on any atom is 1.00 e. The Hall–Kier alpha value is 2.23. The van der Waals surface area contributed by atoms with Crippen LogP contribution in [0.1, 0.15) is 0 Å². The van der Waals surface area contributed by atoms with Crippen LogP contribution in [-0.2, 0) is 0 Å². The van der Waals surface area contributed by atoms with Crippen LogP contribution in [0.3, 0.4) is 0 Å². The first-order valence-corrected chi connectivity index (χ1v) is 10.6. The third-order valence-electron chi connectivity index (χ3n) is 0. The Bertz CT molecular complexity index is 134. The fourth-order valence-electron chi connectivity index (χ4n) is 0. The van der Waals surface area contributed by atoms with Gasteiger partial charge in [-0.1, -0.05) is 0 Å². The van der Waals surface area contributed by atoms with Gasteiger partial charge in [0.15, 0.2) is 0 Å². The molecule has 16 nitrogen and oxygen atoms in total. The Kier molecular flexibility index (Phi) is 29.8. The molecule has 128 valence electrons. The number of rotatable bonds is 0. The molecule has 0 radical (unpaired) electrons. The van der Waals surface area contributed by atoms with Crippen molar-refractivity contribution >= 4 is 36.2 Å². The third kappa shape index (κ3) is 2020. The van der Waals surface area contributed by atoms with Crippen molar-refractivity contribution in [3.63, 3.8) is 0 Å². The van der Waals surface area contributed by atoms with Crippen molar-refractivity contribution in [3.8, 4) is 0 Å². The molecule has 0 bridgehead atoms. The summed E-state index contributed by atoms with van der Waals surface area (Å²) in [7, 11) is -18.9. The van der Waals surface area contributed by atoms with Crippen molar-refractivity contribution in [1.29, 1.82) is 0 Å². The van der Waals surface area contributed by atoms with E-state index < -0.39 is 36.2 Å². The van der Waals surface area contributed by atoms with Crippen molar-refractivity contribution in [2.45, 2.75) is 0 Å². The molecule has 0 atom stereocenters. The van der Waals surface area contributed by atoms with E-state index in [1.807, 2.05) is 0 Å². The summed E-state index contributed by atoms with van der Waals surface area (Å²) < 4.78 is 0. The van der Waals surface area contributed by atoms with Crippen molar-refractivity contribution in [2.75, 3.05) is 0 Å². The largest absolute Gasteiger partial charge is 1.00 e. The second-order valence-electron chi connectivity index (χ2n) is 2.35. The first-order valence-electron chi connectivity index (χ1n) is 3.54. The number of hydrogen-bond donors (Lipinski definition) is 14. The van der Waals surface area contributed by atoms with Gasteiger partial charge >= 0.3 is 86.3 Å². The first-order chi connectivity index (χ1) is 8.00. The minimum absolute atomic E-state index is 0. The second kappa shape index (κ2) is 16.7. The van der Waals surface area contributed by atoms with Gasteiger partial charge in [-0.2, -0.15) is 0 Å². The van der Waals surface area contributed by atoms with Crippen LogP contribution < -0.4 is 68.7 Å². The molecule has 0 amide bonds. The smallest absolute Gasteiger partial charge is 0.828 e. The van der Waals surface area contributed by atoms with Crippen molar-refractivity contribution in [3.05, 3.63) is 0 Å². The standard InChI is InChI=1S/2Na.3H4O4Si.H2O4Si/c;;4*1-5(2,3)4/h;;3*1-4H;1-2H/q2*+1;;;;-2. The van der Waals surface area contributed by atoms with Gasteiger partial charge in [-0.05, 0) is 0 Å². The monoisotopic (exact) mass is 428 g/mol. The van der Waals surface area contributed by atoms with E-state index in [0.717, 1.165) is 0 Å². The van der Waals surface area contributed by atoms with Crippen molar-refractivity contribution < 1.29 is 136 Å². The van der Waals surface area contributed by atoms with Crippen LogP contribution in [0.4, 0.5) is 0 Å². The SMILES string of the molecule is O[Si](O)(O)O.O[Si](O)(O)O.O[Si](O)(O)O.[Na+].[Na+].[O-][Si]([O-])(O)O. The van der Waals surface area contributed by atoms with Crippen LogP contribution in [0.15, 0.2) is 0 Å². The van der Waals surface area contributed by atoms with Gasteiger partial charge in [0.2, 0.25) is 0 Å². The fourth-order valence-corrected chi connectivity index (χ4v) is 0. The predicted octanol–water partition coefficient (Wildman–Crippen LogP) is -17.7. The van der Waals surface area contributed by atoms with E-state index in [1.54, 1.807) is 0 Å². The molecule has 22 heteroatoms. The third-order valence-corrected chi connectivity index (χ3v) is 0. The molecule has 0 saturated heterocycles. The quantitative estimate of drug-likeness (QED) is 0.159. The fraction of sp³-hybridized carbons (Fsp3) is 0. The normalized spacial score (nSPS) is 10.9. The van der Waals surface area contributed by atoms with Crippen molar-refractivity contribution in [1.82, 2.24) is 0 Å². The van der Waals surface area contributed by atoms with E-state index in [9.17, 15) is 0 Å². The van der Waals surface area contributed by atoms with E-state index in [4.69, 9.17) is 76.7 Å². The maximum absolute atomic E-state index is 8.80. The zero-order chi connectivity index (χ0) is 18.0. The van der Waals surface area contributed by atoms with Gasteiger partial charge in [0.1, 0.15) is 9.05 Å². The average molecular weight is 428 g/mol. The molecule has 14 N–H and O–H groups in total. The van der Waals surface area contributed by atoms with Gasteiger partial charge in [0.05, 0.1) is 0 Å². The predicted molar refractivity (Wildman–Crippen MR) is 54.1 cm³/mol. The van der Waals surface area contributed by atoms with Crippen LogP contribution in [0.2, 0.25) is 0 Å². The Labute approximate surface area is 170 Å². The maximum atomic E-state index is 8.80. The second-order valence-corrected chi connectivity index (χ2v) is 7.05. The molecule has 0 aliphatic heterocycles. The van der Waals surface area contributed by atoms with Gasteiger partial charge in [0.25, 0.3) is 0 Å². The Morgan fingerprint density at radius 3 is 0.364 bits per heavy atom.